The van der Waals surface area contributed by atoms with Gasteiger partial charge in [-0.25, -0.2) is 0 Å². The first kappa shape index (κ1) is 12.2. The van der Waals surface area contributed by atoms with Crippen molar-refractivity contribution < 1.29 is 9.90 Å². The zero-order valence-electron chi connectivity index (χ0n) is 9.82. The lowest BCUT2D eigenvalue weighted by Crippen LogP contribution is -2.40. The molecule has 0 aliphatic carbocycles. The molecular weight excluding hydrogens is 238 g/mol. The highest BCUT2D eigenvalue weighted by molar-refractivity contribution is 6.21. The van der Waals surface area contributed by atoms with Gasteiger partial charge in [0.15, 0.2) is 0 Å². The van der Waals surface area contributed by atoms with Gasteiger partial charge in [0.25, 0.3) is 5.91 Å². The summed E-state index contributed by atoms with van der Waals surface area (Å²) in [4.78, 5) is 13.9. The Kier molecular flexibility index (Phi) is 3.57. The molecule has 1 amide bonds. The number of phenols is 1. The van der Waals surface area contributed by atoms with Gasteiger partial charge < -0.3 is 10.0 Å². The van der Waals surface area contributed by atoms with Gasteiger partial charge in [-0.2, -0.15) is 0 Å². The molecule has 1 fully saturated rings. The van der Waals surface area contributed by atoms with Crippen molar-refractivity contribution in [1.29, 1.82) is 0 Å². The molecule has 1 aromatic carbocycles. The number of alkyl halides is 1. The van der Waals surface area contributed by atoms with Crippen LogP contribution in [0, 0.1) is 6.92 Å². The van der Waals surface area contributed by atoms with E-state index >= 15 is 0 Å². The molecule has 1 aliphatic rings. The lowest BCUT2D eigenvalue weighted by Gasteiger charge is -2.29. The fourth-order valence-electron chi connectivity index (χ4n) is 2.03. The molecule has 1 aromatic rings. The standard InChI is InChI=1S/C13H16ClNO2/c1-9-4-5-10(7-12(9)16)13(17)15-6-2-3-11(14)8-15/h4-5,7,11,16H,2-3,6,8H2,1H3. The van der Waals surface area contributed by atoms with Gasteiger partial charge in [-0.3, -0.25) is 4.79 Å². The highest BCUT2D eigenvalue weighted by atomic mass is 35.5. The third kappa shape index (κ3) is 2.72. The smallest absolute Gasteiger partial charge is 0.254 e. The van der Waals surface area contributed by atoms with E-state index in [4.69, 9.17) is 11.6 Å². The summed E-state index contributed by atoms with van der Waals surface area (Å²) in [5, 5.41) is 9.65. The highest BCUT2D eigenvalue weighted by Crippen LogP contribution is 2.21. The maximum absolute atomic E-state index is 12.2. The normalized spacial score (nSPS) is 20.4. The van der Waals surface area contributed by atoms with Gasteiger partial charge in [-0.1, -0.05) is 6.07 Å². The monoisotopic (exact) mass is 253 g/mol. The molecule has 2 rings (SSSR count). The summed E-state index contributed by atoms with van der Waals surface area (Å²) >= 11 is 6.06. The van der Waals surface area contributed by atoms with Crippen molar-refractivity contribution in [2.24, 2.45) is 0 Å². The Balaban J connectivity index is 2.15. The number of aryl methyl sites for hydroxylation is 1. The van der Waals surface area contributed by atoms with Crippen LogP contribution < -0.4 is 0 Å². The minimum Gasteiger partial charge on any atom is -0.508 e. The van der Waals surface area contributed by atoms with Crippen LogP contribution in [-0.4, -0.2) is 34.4 Å². The molecule has 1 atom stereocenters. The average Bonchev–Trinajstić information content (AvgIpc) is 2.32. The van der Waals surface area contributed by atoms with E-state index in [-0.39, 0.29) is 17.0 Å². The second-order valence-corrected chi connectivity index (χ2v) is 5.11. The second-order valence-electron chi connectivity index (χ2n) is 4.49. The van der Waals surface area contributed by atoms with Crippen molar-refractivity contribution in [3.05, 3.63) is 29.3 Å². The van der Waals surface area contributed by atoms with E-state index in [1.54, 1.807) is 24.0 Å². The summed E-state index contributed by atoms with van der Waals surface area (Å²) in [6.07, 6.45) is 1.90. The number of likely N-dealkylation sites (tertiary alicyclic amines) is 1. The number of carbonyl (C=O) groups excluding carboxylic acids is 1. The van der Waals surface area contributed by atoms with Crippen LogP contribution in [0.4, 0.5) is 0 Å². The van der Waals surface area contributed by atoms with Crippen LogP contribution in [0.15, 0.2) is 18.2 Å². The van der Waals surface area contributed by atoms with Crippen molar-refractivity contribution in [3.8, 4) is 5.75 Å². The largest absolute Gasteiger partial charge is 0.508 e. The number of aromatic hydroxyl groups is 1. The molecule has 1 heterocycles. The van der Waals surface area contributed by atoms with Crippen molar-refractivity contribution in [2.45, 2.75) is 25.1 Å². The van der Waals surface area contributed by atoms with Gasteiger partial charge in [-0.15, -0.1) is 11.6 Å². The highest BCUT2D eigenvalue weighted by Gasteiger charge is 2.23. The number of phenolic OH excluding ortho intramolecular Hbond substituents is 1. The molecule has 0 saturated carbocycles. The number of carbonyl (C=O) groups is 1. The molecular formula is C13H16ClNO2. The van der Waals surface area contributed by atoms with Gasteiger partial charge in [0.2, 0.25) is 0 Å². The number of hydrogen-bond donors (Lipinski definition) is 1. The molecule has 0 bridgehead atoms. The molecule has 0 radical (unpaired) electrons. The van der Waals surface area contributed by atoms with Gasteiger partial charge in [0.05, 0.1) is 5.38 Å². The van der Waals surface area contributed by atoms with Crippen molar-refractivity contribution in [2.75, 3.05) is 13.1 Å². The minimum absolute atomic E-state index is 0.0479. The number of hydrogen-bond acceptors (Lipinski definition) is 2. The third-order valence-corrected chi connectivity index (χ3v) is 3.46. The van der Waals surface area contributed by atoms with Crippen molar-refractivity contribution >= 4 is 17.5 Å². The van der Waals surface area contributed by atoms with E-state index in [1.165, 1.54) is 6.07 Å². The van der Waals surface area contributed by atoms with E-state index in [1.807, 2.05) is 0 Å². The summed E-state index contributed by atoms with van der Waals surface area (Å²) in [5.74, 6) is 0.112. The van der Waals surface area contributed by atoms with E-state index in [0.29, 0.717) is 12.1 Å². The predicted molar refractivity (Wildman–Crippen MR) is 67.6 cm³/mol. The number of halogens is 1. The first-order valence-corrected chi connectivity index (χ1v) is 6.24. The minimum atomic E-state index is -0.0503. The van der Waals surface area contributed by atoms with Crippen LogP contribution in [0.2, 0.25) is 0 Å². The van der Waals surface area contributed by atoms with Crippen molar-refractivity contribution in [1.82, 2.24) is 4.90 Å². The fraction of sp³-hybridized carbons (Fsp3) is 0.462. The zero-order chi connectivity index (χ0) is 12.4. The van der Waals surface area contributed by atoms with Gasteiger partial charge in [0, 0.05) is 18.7 Å². The second kappa shape index (κ2) is 4.96. The van der Waals surface area contributed by atoms with Crippen molar-refractivity contribution in [3.63, 3.8) is 0 Å². The van der Waals surface area contributed by atoms with Gasteiger partial charge in [0.1, 0.15) is 5.75 Å². The van der Waals surface area contributed by atoms with Crippen LogP contribution in [-0.2, 0) is 0 Å². The molecule has 3 nitrogen and oxygen atoms in total. The SMILES string of the molecule is Cc1ccc(C(=O)N2CCCC(Cl)C2)cc1O. The Morgan fingerprint density at radius 1 is 1.53 bits per heavy atom. The van der Waals surface area contributed by atoms with Crippen LogP contribution in [0.5, 0.6) is 5.75 Å². The number of amides is 1. The molecule has 92 valence electrons. The van der Waals surface area contributed by atoms with E-state index in [2.05, 4.69) is 0 Å². The number of nitrogens with zero attached hydrogens (tertiary/aromatic N) is 1. The number of rotatable bonds is 1. The summed E-state index contributed by atoms with van der Waals surface area (Å²) in [5.41, 5.74) is 1.30. The molecule has 1 N–H and O–H groups in total. The summed E-state index contributed by atoms with van der Waals surface area (Å²) < 4.78 is 0. The first-order chi connectivity index (χ1) is 8.08. The Bertz CT molecular complexity index is 433. The van der Waals surface area contributed by atoms with Crippen LogP contribution >= 0.6 is 11.6 Å². The zero-order valence-corrected chi connectivity index (χ0v) is 10.6. The fourth-order valence-corrected chi connectivity index (χ4v) is 2.36. The van der Waals surface area contributed by atoms with Gasteiger partial charge >= 0.3 is 0 Å². The predicted octanol–water partition coefficient (Wildman–Crippen LogP) is 2.54. The number of piperidine rings is 1. The van der Waals surface area contributed by atoms with Crippen LogP contribution in [0.3, 0.4) is 0 Å². The lowest BCUT2D eigenvalue weighted by molar-refractivity contribution is 0.0726. The van der Waals surface area contributed by atoms with Gasteiger partial charge in [-0.05, 0) is 37.5 Å². The van der Waals surface area contributed by atoms with Crippen LogP contribution in [0.25, 0.3) is 0 Å². The third-order valence-electron chi connectivity index (χ3n) is 3.11. The number of benzene rings is 1. The Morgan fingerprint density at radius 2 is 2.29 bits per heavy atom. The topological polar surface area (TPSA) is 40.5 Å². The molecule has 4 heteroatoms. The summed E-state index contributed by atoms with van der Waals surface area (Å²) in [7, 11) is 0. The molecule has 17 heavy (non-hydrogen) atoms. The Hall–Kier alpha value is -1.22. The van der Waals surface area contributed by atoms with E-state index in [9.17, 15) is 9.90 Å². The summed E-state index contributed by atoms with van der Waals surface area (Å²) in [6.45, 7) is 3.14. The quantitative estimate of drug-likeness (QED) is 0.782. The van der Waals surface area contributed by atoms with Crippen LogP contribution in [0.1, 0.15) is 28.8 Å². The molecule has 1 aliphatic heterocycles. The molecule has 1 unspecified atom stereocenters. The van der Waals surface area contributed by atoms with E-state index in [0.717, 1.165) is 24.9 Å². The molecule has 0 aromatic heterocycles. The maximum atomic E-state index is 12.2. The molecule has 1 saturated heterocycles. The lowest BCUT2D eigenvalue weighted by atomic mass is 10.1. The average molecular weight is 254 g/mol. The molecule has 0 spiro atoms. The van der Waals surface area contributed by atoms with E-state index < -0.39 is 0 Å². The first-order valence-electron chi connectivity index (χ1n) is 5.81. The summed E-state index contributed by atoms with van der Waals surface area (Å²) in [6, 6.07) is 5.02. The maximum Gasteiger partial charge on any atom is 0.254 e. The Labute approximate surface area is 106 Å². The Morgan fingerprint density at radius 3 is 2.94 bits per heavy atom.